The Kier molecular flexibility index (Phi) is 2.37. The molecule has 0 aliphatic carbocycles. The molecule has 0 radical (unpaired) electrons. The van der Waals surface area contributed by atoms with Gasteiger partial charge in [-0.15, -0.1) is 10.2 Å². The molecule has 9 heteroatoms. The molecule has 4 aromatic heterocycles. The fourth-order valence-electron chi connectivity index (χ4n) is 1.95. The number of nitrogens with zero attached hydrogens (tertiary/aromatic N) is 8. The molecular weight excluding hydrogens is 270 g/mol. The standard InChI is InChI=1S/C12H9N9/c13-12-17-9(20-6-5-15-19-20)7-10-16-11(18-21(10)12)8-3-1-2-4-14-8/h1-7H,(H2,13,17). The summed E-state index contributed by atoms with van der Waals surface area (Å²) >= 11 is 0. The van der Waals surface area contributed by atoms with Gasteiger partial charge in [-0.1, -0.05) is 11.3 Å². The number of hydrogen-bond acceptors (Lipinski definition) is 7. The van der Waals surface area contributed by atoms with E-state index in [0.717, 1.165) is 0 Å². The van der Waals surface area contributed by atoms with E-state index in [9.17, 15) is 0 Å². The lowest BCUT2D eigenvalue weighted by Gasteiger charge is -2.01. The zero-order valence-electron chi connectivity index (χ0n) is 10.7. The number of hydrogen-bond donors (Lipinski definition) is 1. The number of anilines is 1. The van der Waals surface area contributed by atoms with Crippen LogP contribution in [0.3, 0.4) is 0 Å². The molecular formula is C12H9N9. The van der Waals surface area contributed by atoms with Crippen LogP contribution in [-0.2, 0) is 0 Å². The average Bonchev–Trinajstić information content (AvgIpc) is 3.17. The molecule has 102 valence electrons. The highest BCUT2D eigenvalue weighted by Crippen LogP contribution is 2.16. The summed E-state index contributed by atoms with van der Waals surface area (Å²) in [5.74, 6) is 1.23. The van der Waals surface area contributed by atoms with Crippen LogP contribution in [0.2, 0.25) is 0 Å². The van der Waals surface area contributed by atoms with Crippen LogP contribution >= 0.6 is 0 Å². The van der Waals surface area contributed by atoms with E-state index in [4.69, 9.17) is 5.73 Å². The van der Waals surface area contributed by atoms with Crippen LogP contribution in [0.5, 0.6) is 0 Å². The van der Waals surface area contributed by atoms with Crippen molar-refractivity contribution < 1.29 is 0 Å². The largest absolute Gasteiger partial charge is 0.368 e. The molecule has 0 atom stereocenters. The van der Waals surface area contributed by atoms with Gasteiger partial charge in [0, 0.05) is 12.3 Å². The van der Waals surface area contributed by atoms with E-state index in [1.807, 2.05) is 18.2 Å². The minimum atomic E-state index is 0.215. The predicted octanol–water partition coefficient (Wildman–Crippen LogP) is 0.349. The van der Waals surface area contributed by atoms with Gasteiger partial charge < -0.3 is 5.73 Å². The highest BCUT2D eigenvalue weighted by molar-refractivity contribution is 5.57. The Morgan fingerprint density at radius 1 is 1.10 bits per heavy atom. The van der Waals surface area contributed by atoms with E-state index < -0.39 is 0 Å². The first-order chi connectivity index (χ1) is 10.3. The Bertz CT molecular complexity index is 895. The van der Waals surface area contributed by atoms with Gasteiger partial charge in [0.15, 0.2) is 11.5 Å². The average molecular weight is 279 g/mol. The first-order valence-electron chi connectivity index (χ1n) is 6.13. The van der Waals surface area contributed by atoms with Gasteiger partial charge in [0.2, 0.25) is 11.8 Å². The summed E-state index contributed by atoms with van der Waals surface area (Å²) in [6.45, 7) is 0. The van der Waals surface area contributed by atoms with Crippen LogP contribution in [0.1, 0.15) is 0 Å². The van der Waals surface area contributed by atoms with Gasteiger partial charge >= 0.3 is 0 Å². The third kappa shape index (κ3) is 1.87. The molecule has 0 aromatic carbocycles. The van der Waals surface area contributed by atoms with Gasteiger partial charge in [-0.05, 0) is 12.1 Å². The lowest BCUT2D eigenvalue weighted by atomic mass is 10.3. The van der Waals surface area contributed by atoms with Gasteiger partial charge in [0.1, 0.15) is 5.69 Å². The van der Waals surface area contributed by atoms with Crippen molar-refractivity contribution in [2.75, 3.05) is 5.73 Å². The topological polar surface area (TPSA) is 113 Å². The second kappa shape index (κ2) is 4.34. The minimum absolute atomic E-state index is 0.215. The maximum Gasteiger partial charge on any atom is 0.225 e. The smallest absolute Gasteiger partial charge is 0.225 e. The quantitative estimate of drug-likeness (QED) is 0.563. The van der Waals surface area contributed by atoms with E-state index in [1.54, 1.807) is 24.7 Å². The Morgan fingerprint density at radius 2 is 2.05 bits per heavy atom. The number of rotatable bonds is 2. The molecule has 0 spiro atoms. The Morgan fingerprint density at radius 3 is 2.81 bits per heavy atom. The molecule has 0 bridgehead atoms. The maximum absolute atomic E-state index is 5.92. The summed E-state index contributed by atoms with van der Waals surface area (Å²) in [4.78, 5) is 12.9. The number of pyridine rings is 1. The number of aromatic nitrogens is 8. The van der Waals surface area contributed by atoms with E-state index in [1.165, 1.54) is 9.20 Å². The molecule has 0 saturated heterocycles. The Labute approximate surface area is 118 Å². The van der Waals surface area contributed by atoms with Crippen molar-refractivity contribution >= 4 is 11.6 Å². The maximum atomic E-state index is 5.92. The fraction of sp³-hybridized carbons (Fsp3) is 0. The molecule has 2 N–H and O–H groups in total. The number of nitrogen functional groups attached to an aromatic ring is 1. The summed E-state index contributed by atoms with van der Waals surface area (Å²) in [6, 6.07) is 7.26. The van der Waals surface area contributed by atoms with E-state index in [2.05, 4.69) is 30.4 Å². The van der Waals surface area contributed by atoms with Gasteiger partial charge in [0.05, 0.1) is 12.4 Å². The molecule has 9 nitrogen and oxygen atoms in total. The van der Waals surface area contributed by atoms with Crippen LogP contribution in [0.4, 0.5) is 5.95 Å². The molecule has 4 aromatic rings. The molecule has 0 amide bonds. The fourth-order valence-corrected chi connectivity index (χ4v) is 1.95. The molecule has 0 unspecified atom stereocenters. The summed E-state index contributed by atoms with van der Waals surface area (Å²) in [6.07, 6.45) is 4.92. The van der Waals surface area contributed by atoms with Crippen LogP contribution < -0.4 is 5.73 Å². The van der Waals surface area contributed by atoms with Crippen molar-refractivity contribution in [1.29, 1.82) is 0 Å². The molecule has 0 saturated carbocycles. The number of fused-ring (bicyclic) bond motifs is 1. The molecule has 4 heterocycles. The van der Waals surface area contributed by atoms with Crippen molar-refractivity contribution in [3.8, 4) is 17.3 Å². The number of nitrogens with two attached hydrogens (primary N) is 1. The van der Waals surface area contributed by atoms with E-state index in [0.29, 0.717) is 23.0 Å². The first kappa shape index (κ1) is 11.5. The van der Waals surface area contributed by atoms with Crippen molar-refractivity contribution in [1.82, 2.24) is 39.6 Å². The lowest BCUT2D eigenvalue weighted by Crippen LogP contribution is -2.07. The zero-order chi connectivity index (χ0) is 14.2. The van der Waals surface area contributed by atoms with Gasteiger partial charge in [-0.25, -0.2) is 9.67 Å². The zero-order valence-corrected chi connectivity index (χ0v) is 10.7. The third-order valence-corrected chi connectivity index (χ3v) is 2.89. The Balaban J connectivity index is 1.90. The van der Waals surface area contributed by atoms with Crippen LogP contribution in [-0.4, -0.2) is 39.6 Å². The summed E-state index contributed by atoms with van der Waals surface area (Å²) in [5, 5.41) is 11.9. The second-order valence-electron chi connectivity index (χ2n) is 4.24. The van der Waals surface area contributed by atoms with Crippen LogP contribution in [0, 0.1) is 0 Å². The molecule has 0 fully saturated rings. The third-order valence-electron chi connectivity index (χ3n) is 2.89. The first-order valence-corrected chi connectivity index (χ1v) is 6.13. The molecule has 0 aliphatic heterocycles. The predicted molar refractivity (Wildman–Crippen MR) is 73.3 cm³/mol. The highest BCUT2D eigenvalue weighted by atomic mass is 15.4. The highest BCUT2D eigenvalue weighted by Gasteiger charge is 2.12. The monoisotopic (exact) mass is 279 g/mol. The Hall–Kier alpha value is -3.36. The van der Waals surface area contributed by atoms with Crippen molar-refractivity contribution in [3.63, 3.8) is 0 Å². The molecule has 4 rings (SSSR count). The molecule has 21 heavy (non-hydrogen) atoms. The summed E-state index contributed by atoms with van der Waals surface area (Å²) < 4.78 is 2.97. The van der Waals surface area contributed by atoms with Gasteiger partial charge in [0.25, 0.3) is 0 Å². The second-order valence-corrected chi connectivity index (χ2v) is 4.24. The minimum Gasteiger partial charge on any atom is -0.368 e. The summed E-state index contributed by atoms with van der Waals surface area (Å²) in [7, 11) is 0. The van der Waals surface area contributed by atoms with Crippen molar-refractivity contribution in [2.24, 2.45) is 0 Å². The lowest BCUT2D eigenvalue weighted by molar-refractivity contribution is 0.774. The van der Waals surface area contributed by atoms with E-state index in [-0.39, 0.29) is 5.95 Å². The van der Waals surface area contributed by atoms with Gasteiger partial charge in [-0.3, -0.25) is 4.98 Å². The van der Waals surface area contributed by atoms with Crippen LogP contribution in [0.25, 0.3) is 23.0 Å². The van der Waals surface area contributed by atoms with Crippen LogP contribution in [0.15, 0.2) is 42.9 Å². The van der Waals surface area contributed by atoms with Crippen molar-refractivity contribution in [3.05, 3.63) is 42.9 Å². The van der Waals surface area contributed by atoms with Gasteiger partial charge in [-0.2, -0.15) is 9.50 Å². The SMILES string of the molecule is Nc1nc(-n2ccnn2)cc2nc(-c3ccccn3)nn12. The normalized spacial score (nSPS) is 11.0. The van der Waals surface area contributed by atoms with Crippen molar-refractivity contribution in [2.45, 2.75) is 0 Å². The molecule has 0 aliphatic rings. The van der Waals surface area contributed by atoms with E-state index >= 15 is 0 Å². The summed E-state index contributed by atoms with van der Waals surface area (Å²) in [5.41, 5.74) is 7.15.